The third-order valence-corrected chi connectivity index (χ3v) is 4.59. The van der Waals surface area contributed by atoms with E-state index in [9.17, 15) is 9.90 Å². The second-order valence-electron chi connectivity index (χ2n) is 5.38. The van der Waals surface area contributed by atoms with Crippen molar-refractivity contribution in [2.24, 2.45) is 0 Å². The number of aliphatic carboxylic acids is 1. The third-order valence-electron chi connectivity index (χ3n) is 4.26. The second-order valence-corrected chi connectivity index (χ2v) is 5.79. The van der Waals surface area contributed by atoms with Crippen molar-refractivity contribution >= 4 is 17.6 Å². The molecule has 0 amide bonds. The van der Waals surface area contributed by atoms with Gasteiger partial charge in [0.15, 0.2) is 0 Å². The van der Waals surface area contributed by atoms with Gasteiger partial charge in [-0.3, -0.25) is 4.79 Å². The maximum atomic E-state index is 11.8. The molecule has 3 heteroatoms. The maximum absolute atomic E-state index is 11.8. The van der Waals surface area contributed by atoms with Gasteiger partial charge in [-0.1, -0.05) is 60.1 Å². The Labute approximate surface area is 123 Å². The van der Waals surface area contributed by atoms with Gasteiger partial charge >= 0.3 is 5.97 Å². The van der Waals surface area contributed by atoms with E-state index in [1.165, 1.54) is 5.56 Å². The van der Waals surface area contributed by atoms with Gasteiger partial charge in [0.05, 0.1) is 5.41 Å². The van der Waals surface area contributed by atoms with Gasteiger partial charge < -0.3 is 5.11 Å². The molecule has 2 nitrogen and oxygen atoms in total. The highest BCUT2D eigenvalue weighted by molar-refractivity contribution is 6.31. The predicted molar refractivity (Wildman–Crippen MR) is 79.2 cm³/mol. The van der Waals surface area contributed by atoms with Crippen molar-refractivity contribution in [1.82, 2.24) is 0 Å². The molecular formula is C17H15ClO2. The summed E-state index contributed by atoms with van der Waals surface area (Å²) in [5.74, 6) is -0.485. The zero-order chi connectivity index (χ0) is 14.2. The van der Waals surface area contributed by atoms with Gasteiger partial charge in [-0.15, -0.1) is 0 Å². The Morgan fingerprint density at radius 3 is 2.25 bits per heavy atom. The quantitative estimate of drug-likeness (QED) is 0.916. The lowest BCUT2D eigenvalue weighted by Gasteiger charge is -2.45. The molecule has 0 aliphatic heterocycles. The van der Waals surface area contributed by atoms with E-state index in [1.807, 2.05) is 36.4 Å². The summed E-state index contributed by atoms with van der Waals surface area (Å²) in [5.41, 5.74) is 1.11. The standard InChI is InChI=1S/C17H15ClO2/c18-15-9-5-4-8-14(15)17(16(19)20)10-13(11-17)12-6-2-1-3-7-12/h1-9,13H,10-11H2,(H,19,20). The molecule has 0 saturated heterocycles. The van der Waals surface area contributed by atoms with Crippen LogP contribution in [0.15, 0.2) is 54.6 Å². The highest BCUT2D eigenvalue weighted by Gasteiger charge is 2.52. The maximum Gasteiger partial charge on any atom is 0.314 e. The van der Waals surface area contributed by atoms with Gasteiger partial charge in [-0.2, -0.15) is 0 Å². The molecule has 0 heterocycles. The van der Waals surface area contributed by atoms with Crippen LogP contribution in [0.25, 0.3) is 0 Å². The van der Waals surface area contributed by atoms with E-state index in [2.05, 4.69) is 12.1 Å². The number of carbonyl (C=O) groups is 1. The lowest BCUT2D eigenvalue weighted by molar-refractivity contribution is -0.148. The highest BCUT2D eigenvalue weighted by atomic mass is 35.5. The van der Waals surface area contributed by atoms with Crippen molar-refractivity contribution < 1.29 is 9.90 Å². The Bertz CT molecular complexity index is 630. The normalized spacial score (nSPS) is 24.9. The fourth-order valence-electron chi connectivity index (χ4n) is 3.10. The van der Waals surface area contributed by atoms with E-state index in [-0.39, 0.29) is 0 Å². The summed E-state index contributed by atoms with van der Waals surface area (Å²) in [4.78, 5) is 11.8. The molecule has 2 aromatic carbocycles. The Balaban J connectivity index is 1.91. The lowest BCUT2D eigenvalue weighted by atomic mass is 9.57. The highest BCUT2D eigenvalue weighted by Crippen LogP contribution is 2.54. The van der Waals surface area contributed by atoms with E-state index in [4.69, 9.17) is 11.6 Å². The monoisotopic (exact) mass is 286 g/mol. The summed E-state index contributed by atoms with van der Waals surface area (Å²) < 4.78 is 0. The summed E-state index contributed by atoms with van der Waals surface area (Å²) in [6.07, 6.45) is 1.21. The van der Waals surface area contributed by atoms with Gasteiger partial charge in [0, 0.05) is 5.02 Å². The molecule has 102 valence electrons. The molecule has 1 N–H and O–H groups in total. The Kier molecular flexibility index (Phi) is 3.27. The minimum absolute atomic E-state index is 0.295. The van der Waals surface area contributed by atoms with Crippen molar-refractivity contribution in [1.29, 1.82) is 0 Å². The van der Waals surface area contributed by atoms with E-state index in [0.29, 0.717) is 23.8 Å². The van der Waals surface area contributed by atoms with Gasteiger partial charge in [0.1, 0.15) is 0 Å². The fourth-order valence-corrected chi connectivity index (χ4v) is 3.42. The molecule has 0 radical (unpaired) electrons. The smallest absolute Gasteiger partial charge is 0.314 e. The van der Waals surface area contributed by atoms with Gasteiger partial charge in [0.2, 0.25) is 0 Å². The molecule has 1 saturated carbocycles. The van der Waals surface area contributed by atoms with Gasteiger partial charge in [0.25, 0.3) is 0 Å². The van der Waals surface area contributed by atoms with Crippen molar-refractivity contribution in [2.45, 2.75) is 24.2 Å². The van der Waals surface area contributed by atoms with Crippen LogP contribution in [0.1, 0.15) is 29.9 Å². The first kappa shape index (κ1) is 13.2. The van der Waals surface area contributed by atoms with Crippen LogP contribution in [0, 0.1) is 0 Å². The SMILES string of the molecule is O=C(O)C1(c2ccccc2Cl)CC(c2ccccc2)C1. The summed E-state index contributed by atoms with van der Waals surface area (Å²) in [6.45, 7) is 0. The van der Waals surface area contributed by atoms with Crippen molar-refractivity contribution in [3.05, 3.63) is 70.7 Å². The molecule has 1 fully saturated rings. The number of halogens is 1. The molecule has 1 aliphatic carbocycles. The van der Waals surface area contributed by atoms with Gasteiger partial charge in [-0.25, -0.2) is 0 Å². The molecule has 0 aromatic heterocycles. The van der Waals surface area contributed by atoms with Crippen LogP contribution in [-0.2, 0) is 10.2 Å². The third kappa shape index (κ3) is 2.01. The first-order chi connectivity index (χ1) is 9.63. The van der Waals surface area contributed by atoms with Crippen LogP contribution < -0.4 is 0 Å². The Morgan fingerprint density at radius 2 is 1.65 bits per heavy atom. The largest absolute Gasteiger partial charge is 0.481 e. The minimum Gasteiger partial charge on any atom is -0.481 e. The average Bonchev–Trinajstić information content (AvgIpc) is 2.40. The summed E-state index contributed by atoms with van der Waals surface area (Å²) in [6, 6.07) is 17.3. The molecule has 0 bridgehead atoms. The minimum atomic E-state index is -0.834. The Morgan fingerprint density at radius 1 is 1.05 bits per heavy atom. The molecule has 0 atom stereocenters. The van der Waals surface area contributed by atoms with Crippen LogP contribution in [-0.4, -0.2) is 11.1 Å². The summed E-state index contributed by atoms with van der Waals surface area (Å²) in [5, 5.41) is 10.2. The van der Waals surface area contributed by atoms with Crippen LogP contribution >= 0.6 is 11.6 Å². The summed E-state index contributed by atoms with van der Waals surface area (Å²) in [7, 11) is 0. The fraction of sp³-hybridized carbons (Fsp3) is 0.235. The van der Waals surface area contributed by atoms with Crippen LogP contribution in [0.3, 0.4) is 0 Å². The molecule has 2 aromatic rings. The molecule has 0 spiro atoms. The average molecular weight is 287 g/mol. The zero-order valence-electron chi connectivity index (χ0n) is 10.9. The summed E-state index contributed by atoms with van der Waals surface area (Å²) >= 11 is 6.20. The lowest BCUT2D eigenvalue weighted by Crippen LogP contribution is -2.47. The predicted octanol–water partition coefficient (Wildman–Crippen LogP) is 4.24. The van der Waals surface area contributed by atoms with E-state index in [1.54, 1.807) is 6.07 Å². The van der Waals surface area contributed by atoms with E-state index < -0.39 is 11.4 Å². The molecule has 3 rings (SSSR count). The van der Waals surface area contributed by atoms with E-state index >= 15 is 0 Å². The number of benzene rings is 2. The molecule has 0 unspecified atom stereocenters. The van der Waals surface area contributed by atoms with Crippen LogP contribution in [0.4, 0.5) is 0 Å². The molecule has 20 heavy (non-hydrogen) atoms. The second kappa shape index (κ2) is 4.95. The van der Waals surface area contributed by atoms with E-state index in [0.717, 1.165) is 5.56 Å². The van der Waals surface area contributed by atoms with Crippen molar-refractivity contribution in [2.75, 3.05) is 0 Å². The van der Waals surface area contributed by atoms with Gasteiger partial charge in [-0.05, 0) is 36.0 Å². The van der Waals surface area contributed by atoms with Crippen LogP contribution in [0.5, 0.6) is 0 Å². The number of carboxylic acids is 1. The number of hydrogen-bond donors (Lipinski definition) is 1. The van der Waals surface area contributed by atoms with Crippen LogP contribution in [0.2, 0.25) is 5.02 Å². The topological polar surface area (TPSA) is 37.3 Å². The molecular weight excluding hydrogens is 272 g/mol. The number of carboxylic acid groups (broad SMARTS) is 1. The van der Waals surface area contributed by atoms with Crippen molar-refractivity contribution in [3.63, 3.8) is 0 Å². The van der Waals surface area contributed by atoms with Crippen molar-refractivity contribution in [3.8, 4) is 0 Å². The number of rotatable bonds is 3. The molecule has 1 aliphatic rings. The first-order valence-electron chi connectivity index (χ1n) is 6.67. The first-order valence-corrected chi connectivity index (χ1v) is 7.04. The zero-order valence-corrected chi connectivity index (χ0v) is 11.7. The number of hydrogen-bond acceptors (Lipinski definition) is 1. The Hall–Kier alpha value is -1.80.